The zero-order chi connectivity index (χ0) is 18.4. The Balaban J connectivity index is 2.05. The molecule has 0 aliphatic rings. The van der Waals surface area contributed by atoms with Crippen molar-refractivity contribution in [1.29, 1.82) is 0 Å². The molecule has 0 aliphatic heterocycles. The maximum absolute atomic E-state index is 13.6. The number of amides is 1. The van der Waals surface area contributed by atoms with Crippen molar-refractivity contribution in [3.05, 3.63) is 53.3 Å². The Labute approximate surface area is 142 Å². The van der Waals surface area contributed by atoms with Crippen LogP contribution in [0.1, 0.15) is 15.9 Å². The van der Waals surface area contributed by atoms with E-state index in [1.807, 2.05) is 0 Å². The van der Waals surface area contributed by atoms with Crippen molar-refractivity contribution in [2.45, 2.75) is 13.2 Å². The Morgan fingerprint density at radius 3 is 2.32 bits per heavy atom. The molecule has 0 unspecified atom stereocenters. The topological polar surface area (TPSA) is 56.8 Å². The lowest BCUT2D eigenvalue weighted by molar-refractivity contribution is -0.0512. The summed E-state index contributed by atoms with van der Waals surface area (Å²) in [4.78, 5) is 12.1. The highest BCUT2D eigenvalue weighted by atomic mass is 19.3. The fourth-order valence-electron chi connectivity index (χ4n) is 2.11. The van der Waals surface area contributed by atoms with E-state index in [1.165, 1.54) is 44.6 Å². The lowest BCUT2D eigenvalue weighted by atomic mass is 10.1. The minimum atomic E-state index is -2.97. The van der Waals surface area contributed by atoms with Crippen molar-refractivity contribution in [2.24, 2.45) is 0 Å². The van der Waals surface area contributed by atoms with E-state index < -0.39 is 18.3 Å². The van der Waals surface area contributed by atoms with Crippen molar-refractivity contribution in [3.63, 3.8) is 0 Å². The second-order valence-electron chi connectivity index (χ2n) is 4.90. The number of carbonyl (C=O) groups excluding carboxylic acids is 1. The van der Waals surface area contributed by atoms with Gasteiger partial charge in [0.15, 0.2) is 23.1 Å². The Bertz CT molecular complexity index is 753. The number of rotatable bonds is 7. The van der Waals surface area contributed by atoms with E-state index >= 15 is 0 Å². The highest BCUT2D eigenvalue weighted by Gasteiger charge is 2.13. The maximum Gasteiger partial charge on any atom is 0.387 e. The monoisotopic (exact) mass is 355 g/mol. The number of hydrogen-bond donors (Lipinski definition) is 1. The summed E-state index contributed by atoms with van der Waals surface area (Å²) in [5, 5.41) is 2.60. The molecule has 1 amide bonds. The molecule has 0 spiro atoms. The predicted octanol–water partition coefficient (Wildman–Crippen LogP) is 3.37. The number of nitrogens with one attached hydrogen (secondary N) is 1. The maximum atomic E-state index is 13.6. The number of ether oxygens (including phenoxy) is 3. The molecule has 0 saturated carbocycles. The summed E-state index contributed by atoms with van der Waals surface area (Å²) in [5.41, 5.74) is 0.726. The van der Waals surface area contributed by atoms with E-state index in [2.05, 4.69) is 10.1 Å². The Morgan fingerprint density at radius 2 is 1.72 bits per heavy atom. The van der Waals surface area contributed by atoms with Crippen LogP contribution in [-0.4, -0.2) is 26.7 Å². The normalized spacial score (nSPS) is 10.5. The molecule has 0 aliphatic carbocycles. The van der Waals surface area contributed by atoms with E-state index in [0.29, 0.717) is 5.56 Å². The quantitative estimate of drug-likeness (QED) is 0.827. The van der Waals surface area contributed by atoms with Crippen molar-refractivity contribution in [1.82, 2.24) is 5.32 Å². The smallest absolute Gasteiger partial charge is 0.387 e. The van der Waals surface area contributed by atoms with Gasteiger partial charge in [-0.2, -0.15) is 8.78 Å². The van der Waals surface area contributed by atoms with Crippen LogP contribution in [0.5, 0.6) is 17.2 Å². The zero-order valence-corrected chi connectivity index (χ0v) is 13.5. The summed E-state index contributed by atoms with van der Waals surface area (Å²) >= 11 is 0. The van der Waals surface area contributed by atoms with Crippen molar-refractivity contribution >= 4 is 5.91 Å². The van der Waals surface area contributed by atoms with Crippen LogP contribution in [0.2, 0.25) is 0 Å². The lowest BCUT2D eigenvalue weighted by Crippen LogP contribution is -2.23. The van der Waals surface area contributed by atoms with E-state index in [1.54, 1.807) is 0 Å². The minimum absolute atomic E-state index is 0.0379. The average Bonchev–Trinajstić information content (AvgIpc) is 2.59. The molecule has 0 bridgehead atoms. The molecule has 8 heteroatoms. The van der Waals surface area contributed by atoms with Gasteiger partial charge in [-0.25, -0.2) is 4.39 Å². The van der Waals surface area contributed by atoms with Gasteiger partial charge >= 0.3 is 6.61 Å². The second-order valence-corrected chi connectivity index (χ2v) is 4.90. The second kappa shape index (κ2) is 8.27. The minimum Gasteiger partial charge on any atom is -0.494 e. The Kier molecular flexibility index (Phi) is 6.10. The number of halogens is 3. The molecule has 0 aromatic heterocycles. The number of benzene rings is 2. The first kappa shape index (κ1) is 18.4. The first-order valence-electron chi connectivity index (χ1n) is 7.18. The van der Waals surface area contributed by atoms with E-state index in [-0.39, 0.29) is 29.4 Å². The van der Waals surface area contributed by atoms with Gasteiger partial charge in [0.1, 0.15) is 0 Å². The average molecular weight is 355 g/mol. The third kappa shape index (κ3) is 4.79. The molecule has 1 N–H and O–H groups in total. The lowest BCUT2D eigenvalue weighted by Gasteiger charge is -2.12. The SMILES string of the molecule is COc1ccc(C(=O)NCc2ccc(OC(F)F)c(OC)c2)cc1F. The molecular formula is C17H16F3NO4. The fraction of sp³-hybridized carbons (Fsp3) is 0.235. The van der Waals surface area contributed by atoms with E-state index in [9.17, 15) is 18.0 Å². The number of hydrogen-bond acceptors (Lipinski definition) is 4. The van der Waals surface area contributed by atoms with Gasteiger partial charge in [-0.05, 0) is 35.9 Å². The molecule has 0 atom stereocenters. The molecule has 0 saturated heterocycles. The van der Waals surface area contributed by atoms with Crippen LogP contribution in [0.15, 0.2) is 36.4 Å². The summed E-state index contributed by atoms with van der Waals surface area (Å²) in [6.45, 7) is -2.87. The van der Waals surface area contributed by atoms with Crippen LogP contribution in [0, 0.1) is 5.82 Å². The third-order valence-electron chi connectivity index (χ3n) is 3.31. The van der Waals surface area contributed by atoms with Crippen molar-refractivity contribution in [3.8, 4) is 17.2 Å². The molecule has 0 radical (unpaired) electrons. The molecule has 0 heterocycles. The molecule has 2 aromatic carbocycles. The van der Waals surface area contributed by atoms with Gasteiger partial charge in [-0.1, -0.05) is 6.07 Å². The van der Waals surface area contributed by atoms with Crippen LogP contribution >= 0.6 is 0 Å². The van der Waals surface area contributed by atoms with Gasteiger partial charge in [-0.15, -0.1) is 0 Å². The van der Waals surface area contributed by atoms with Crippen LogP contribution < -0.4 is 19.5 Å². The molecular weight excluding hydrogens is 339 g/mol. The first-order chi connectivity index (χ1) is 11.9. The number of carbonyl (C=O) groups is 1. The van der Waals surface area contributed by atoms with E-state index in [0.717, 1.165) is 6.07 Å². The zero-order valence-electron chi connectivity index (χ0n) is 13.5. The van der Waals surface area contributed by atoms with Crippen LogP contribution in [-0.2, 0) is 6.54 Å². The molecule has 5 nitrogen and oxygen atoms in total. The van der Waals surface area contributed by atoms with Crippen molar-refractivity contribution < 1.29 is 32.2 Å². The summed E-state index contributed by atoms with van der Waals surface area (Å²) in [5.74, 6) is -1.10. The number of alkyl halides is 2. The van der Waals surface area contributed by atoms with Gasteiger partial charge in [-0.3, -0.25) is 4.79 Å². The summed E-state index contributed by atoms with van der Waals surface area (Å²) in [6.07, 6.45) is 0. The van der Waals surface area contributed by atoms with Crippen LogP contribution in [0.3, 0.4) is 0 Å². The highest BCUT2D eigenvalue weighted by Crippen LogP contribution is 2.29. The summed E-state index contributed by atoms with van der Waals surface area (Å²) in [7, 11) is 2.64. The predicted molar refractivity (Wildman–Crippen MR) is 83.7 cm³/mol. The van der Waals surface area contributed by atoms with Crippen molar-refractivity contribution in [2.75, 3.05) is 14.2 Å². The van der Waals surface area contributed by atoms with Gasteiger partial charge in [0.05, 0.1) is 14.2 Å². The first-order valence-corrected chi connectivity index (χ1v) is 7.18. The molecule has 0 fully saturated rings. The summed E-state index contributed by atoms with van der Waals surface area (Å²) in [6, 6.07) is 8.14. The Morgan fingerprint density at radius 1 is 1.04 bits per heavy atom. The van der Waals surface area contributed by atoms with Crippen LogP contribution in [0.25, 0.3) is 0 Å². The van der Waals surface area contributed by atoms with E-state index in [4.69, 9.17) is 9.47 Å². The summed E-state index contributed by atoms with van der Waals surface area (Å²) < 4.78 is 52.3. The molecule has 2 rings (SSSR count). The third-order valence-corrected chi connectivity index (χ3v) is 3.31. The van der Waals surface area contributed by atoms with Gasteiger partial charge < -0.3 is 19.5 Å². The Hall–Kier alpha value is -2.90. The number of methoxy groups -OCH3 is 2. The molecule has 134 valence electrons. The molecule has 2 aromatic rings. The van der Waals surface area contributed by atoms with Gasteiger partial charge in [0.25, 0.3) is 5.91 Å². The standard InChI is InChI=1S/C17H16F3NO4/c1-23-13-6-4-11(8-12(13)18)16(22)21-9-10-3-5-14(25-17(19)20)15(7-10)24-2/h3-8,17H,9H2,1-2H3,(H,21,22). The molecule has 25 heavy (non-hydrogen) atoms. The highest BCUT2D eigenvalue weighted by molar-refractivity contribution is 5.94. The van der Waals surface area contributed by atoms with Gasteiger partial charge in [0.2, 0.25) is 0 Å². The fourth-order valence-corrected chi connectivity index (χ4v) is 2.11. The largest absolute Gasteiger partial charge is 0.494 e. The van der Waals surface area contributed by atoms with Gasteiger partial charge in [0, 0.05) is 12.1 Å². The van der Waals surface area contributed by atoms with Crippen LogP contribution in [0.4, 0.5) is 13.2 Å².